The van der Waals surface area contributed by atoms with Gasteiger partial charge < -0.3 is 15.1 Å². The van der Waals surface area contributed by atoms with Crippen LogP contribution >= 0.6 is 0 Å². The zero-order valence-corrected chi connectivity index (χ0v) is 21.5. The first-order valence-electron chi connectivity index (χ1n) is 12.4. The Labute approximate surface area is 254 Å². The van der Waals surface area contributed by atoms with Crippen LogP contribution in [0, 0.1) is 11.7 Å². The molecule has 3 N–H and O–H groups in total. The first-order chi connectivity index (χ1) is 18.6. The number of phenols is 1. The number of hydrogen-bond acceptors (Lipinski definition) is 5. The molecular formula is C30H27FNNaO6S. The molecule has 1 heterocycles. The SMILES string of the molecule is O=C1[C@H](CC[C@H](O)c2ccc(F)cc2)C(c2ccccc2)N1c1ccc(-c2ccc(S(=O)(=O)O)cc2)cc1O.[NaH]. The van der Waals surface area contributed by atoms with E-state index in [1.165, 1.54) is 54.6 Å². The third-order valence-electron chi connectivity index (χ3n) is 7.08. The van der Waals surface area contributed by atoms with Crippen molar-refractivity contribution in [2.45, 2.75) is 29.9 Å². The van der Waals surface area contributed by atoms with E-state index in [1.54, 1.807) is 17.0 Å². The molecule has 0 spiro atoms. The van der Waals surface area contributed by atoms with Gasteiger partial charge in [-0.2, -0.15) is 8.42 Å². The molecule has 0 bridgehead atoms. The summed E-state index contributed by atoms with van der Waals surface area (Å²) in [7, 11) is -4.32. The number of phenolic OH excluding ortho intramolecular Hbond substituents is 1. The monoisotopic (exact) mass is 571 g/mol. The van der Waals surface area contributed by atoms with Crippen LogP contribution in [0.25, 0.3) is 11.1 Å². The van der Waals surface area contributed by atoms with E-state index in [0.717, 1.165) is 5.56 Å². The average Bonchev–Trinajstić information content (AvgIpc) is 2.92. The molecule has 202 valence electrons. The molecule has 7 nitrogen and oxygen atoms in total. The molecular weight excluding hydrogens is 544 g/mol. The summed E-state index contributed by atoms with van der Waals surface area (Å²) in [4.78, 5) is 14.7. The van der Waals surface area contributed by atoms with Crippen LogP contribution in [0.15, 0.2) is 102 Å². The van der Waals surface area contributed by atoms with Gasteiger partial charge in [-0.25, -0.2) is 4.39 Å². The molecule has 1 aliphatic rings. The topological polar surface area (TPSA) is 115 Å². The summed E-state index contributed by atoms with van der Waals surface area (Å²) in [5.41, 5.74) is 3.02. The van der Waals surface area contributed by atoms with Crippen LogP contribution < -0.4 is 4.90 Å². The molecule has 40 heavy (non-hydrogen) atoms. The Morgan fingerprint density at radius 3 is 2.10 bits per heavy atom. The predicted octanol–water partition coefficient (Wildman–Crippen LogP) is 5.01. The molecule has 0 saturated carbocycles. The zero-order chi connectivity index (χ0) is 27.7. The molecule has 0 aromatic heterocycles. The molecule has 10 heteroatoms. The summed E-state index contributed by atoms with van der Waals surface area (Å²) in [6.45, 7) is 0. The molecule has 4 aromatic carbocycles. The van der Waals surface area contributed by atoms with E-state index in [-0.39, 0.29) is 58.0 Å². The third kappa shape index (κ3) is 6.15. The summed E-state index contributed by atoms with van der Waals surface area (Å²) in [6.07, 6.45) is -0.139. The van der Waals surface area contributed by atoms with Gasteiger partial charge in [0.1, 0.15) is 11.6 Å². The maximum atomic E-state index is 13.4. The van der Waals surface area contributed by atoms with Crippen LogP contribution in [-0.4, -0.2) is 58.6 Å². The van der Waals surface area contributed by atoms with E-state index >= 15 is 0 Å². The van der Waals surface area contributed by atoms with E-state index in [0.29, 0.717) is 35.2 Å². The van der Waals surface area contributed by atoms with Crippen LogP contribution in [0.5, 0.6) is 5.75 Å². The quantitative estimate of drug-likeness (QED) is 0.156. The van der Waals surface area contributed by atoms with Crippen molar-refractivity contribution in [3.05, 3.63) is 114 Å². The van der Waals surface area contributed by atoms with Crippen molar-refractivity contribution < 1.29 is 32.4 Å². The second-order valence-corrected chi connectivity index (χ2v) is 10.9. The number of carbonyl (C=O) groups is 1. The van der Waals surface area contributed by atoms with Gasteiger partial charge in [-0.1, -0.05) is 60.7 Å². The van der Waals surface area contributed by atoms with E-state index in [4.69, 9.17) is 0 Å². The number of aliphatic hydroxyl groups excluding tert-OH is 1. The molecule has 4 aromatic rings. The minimum absolute atomic E-state index is 0. The van der Waals surface area contributed by atoms with Crippen LogP contribution in [0.4, 0.5) is 10.1 Å². The van der Waals surface area contributed by atoms with Crippen molar-refractivity contribution in [3.63, 3.8) is 0 Å². The summed E-state index contributed by atoms with van der Waals surface area (Å²) in [6, 6.07) is 25.2. The van der Waals surface area contributed by atoms with Gasteiger partial charge in [-0.15, -0.1) is 0 Å². The maximum absolute atomic E-state index is 13.4. The number of nitrogens with zero attached hydrogens (tertiary/aromatic N) is 1. The Balaban J connectivity index is 0.00000370. The Hall–Kier alpha value is -3.05. The fraction of sp³-hybridized carbons (Fsp3) is 0.167. The number of anilines is 1. The zero-order valence-electron chi connectivity index (χ0n) is 20.7. The van der Waals surface area contributed by atoms with E-state index in [9.17, 15) is 32.4 Å². The summed E-state index contributed by atoms with van der Waals surface area (Å²) < 4.78 is 45.1. The third-order valence-corrected chi connectivity index (χ3v) is 7.95. The number of hydrogen-bond donors (Lipinski definition) is 3. The van der Waals surface area contributed by atoms with Crippen LogP contribution in [0.3, 0.4) is 0 Å². The average molecular weight is 572 g/mol. The molecule has 5 rings (SSSR count). The molecule has 1 fully saturated rings. The number of β-lactam (4-membered cyclic amide) rings is 1. The van der Waals surface area contributed by atoms with Crippen LogP contribution in [-0.2, 0) is 14.9 Å². The second kappa shape index (κ2) is 12.2. The summed E-state index contributed by atoms with van der Waals surface area (Å²) in [5, 5.41) is 21.5. The van der Waals surface area contributed by atoms with E-state index < -0.39 is 22.1 Å². The first-order valence-corrected chi connectivity index (χ1v) is 13.8. The molecule has 1 amide bonds. The van der Waals surface area contributed by atoms with Gasteiger partial charge in [0, 0.05) is 0 Å². The summed E-state index contributed by atoms with van der Waals surface area (Å²) in [5.74, 6) is -1.11. The van der Waals surface area contributed by atoms with E-state index in [1.807, 2.05) is 30.3 Å². The number of rotatable bonds is 8. The second-order valence-electron chi connectivity index (χ2n) is 9.52. The fourth-order valence-electron chi connectivity index (χ4n) is 5.05. The van der Waals surface area contributed by atoms with Gasteiger partial charge in [-0.05, 0) is 71.5 Å². The first kappa shape index (κ1) is 29.9. The van der Waals surface area contributed by atoms with Gasteiger partial charge in [0.2, 0.25) is 5.91 Å². The van der Waals surface area contributed by atoms with Gasteiger partial charge in [0.05, 0.1) is 28.6 Å². The number of aromatic hydroxyl groups is 1. The van der Waals surface area contributed by atoms with E-state index in [2.05, 4.69) is 0 Å². The van der Waals surface area contributed by atoms with Gasteiger partial charge in [0.15, 0.2) is 0 Å². The van der Waals surface area contributed by atoms with Crippen molar-refractivity contribution >= 4 is 51.3 Å². The van der Waals surface area contributed by atoms with Crippen molar-refractivity contribution in [2.75, 3.05) is 4.90 Å². The fourth-order valence-corrected chi connectivity index (χ4v) is 5.53. The molecule has 1 saturated heterocycles. The van der Waals surface area contributed by atoms with Crippen molar-refractivity contribution in [1.82, 2.24) is 0 Å². The van der Waals surface area contributed by atoms with Crippen molar-refractivity contribution in [3.8, 4) is 16.9 Å². The Morgan fingerprint density at radius 2 is 1.50 bits per heavy atom. The van der Waals surface area contributed by atoms with Crippen LogP contribution in [0.2, 0.25) is 0 Å². The predicted molar refractivity (Wildman–Crippen MR) is 151 cm³/mol. The Bertz CT molecular complexity index is 1600. The molecule has 3 atom stereocenters. The molecule has 0 aliphatic carbocycles. The van der Waals surface area contributed by atoms with Gasteiger partial charge >= 0.3 is 29.6 Å². The standard InChI is InChI=1S/C30H26FNO6S.Na.H/c31-23-11-6-20(7-12-23)27(33)17-15-25-29(21-4-2-1-3-5-21)32(30(25)35)26-16-10-22(18-28(26)34)19-8-13-24(14-9-19)39(36,37)38;;/h1-14,16,18,25,27,29,33-34H,15,17H2,(H,36,37,38);;/t25-,27+,29?;;/m1../s1. The molecule has 1 aliphatic heterocycles. The number of benzene rings is 4. The number of aliphatic hydroxyl groups is 1. The Kier molecular flexibility index (Phi) is 9.14. The summed E-state index contributed by atoms with van der Waals surface area (Å²) >= 11 is 0. The molecule has 0 radical (unpaired) electrons. The Morgan fingerprint density at radius 1 is 0.875 bits per heavy atom. The van der Waals surface area contributed by atoms with Crippen LogP contribution in [0.1, 0.15) is 36.1 Å². The van der Waals surface area contributed by atoms with Crippen molar-refractivity contribution in [2.24, 2.45) is 5.92 Å². The van der Waals surface area contributed by atoms with Gasteiger partial charge in [0.25, 0.3) is 10.1 Å². The minimum atomic E-state index is -4.32. The normalized spacial score (nSPS) is 17.6. The number of carbonyl (C=O) groups excluding carboxylic acids is 1. The number of halogens is 1. The van der Waals surface area contributed by atoms with Gasteiger partial charge in [-0.3, -0.25) is 9.35 Å². The molecule has 1 unspecified atom stereocenters. The number of amides is 1. The van der Waals surface area contributed by atoms with Crippen molar-refractivity contribution in [1.29, 1.82) is 0 Å².